The lowest BCUT2D eigenvalue weighted by atomic mass is 10.2. The van der Waals surface area contributed by atoms with Crippen LogP contribution < -0.4 is 10.1 Å². The molecule has 2 N–H and O–H groups in total. The van der Waals surface area contributed by atoms with Gasteiger partial charge in [-0.15, -0.1) is 0 Å². The van der Waals surface area contributed by atoms with E-state index in [1.54, 1.807) is 25.1 Å². The van der Waals surface area contributed by atoms with Gasteiger partial charge in [0.05, 0.1) is 0 Å². The number of nitrogens with one attached hydrogen (secondary N) is 1. The Labute approximate surface area is 124 Å². The highest BCUT2D eigenvalue weighted by Crippen LogP contribution is 2.21. The molecule has 0 atom stereocenters. The number of carbonyl (C=O) groups is 2. The quantitative estimate of drug-likeness (QED) is 0.682. The van der Waals surface area contributed by atoms with Gasteiger partial charge in [-0.05, 0) is 37.1 Å². The molecule has 0 saturated heterocycles. The lowest BCUT2D eigenvalue weighted by molar-refractivity contribution is -0.139. The van der Waals surface area contributed by atoms with Gasteiger partial charge in [-0.1, -0.05) is 13.3 Å². The molecule has 6 nitrogen and oxygen atoms in total. The Morgan fingerprint density at radius 1 is 1.29 bits per heavy atom. The maximum atomic E-state index is 11.7. The third kappa shape index (κ3) is 6.76. The lowest BCUT2D eigenvalue weighted by Crippen LogP contribution is -2.19. The van der Waals surface area contributed by atoms with E-state index in [9.17, 15) is 9.59 Å². The summed E-state index contributed by atoms with van der Waals surface area (Å²) in [6.07, 6.45) is 1.96. The number of carbonyl (C=O) groups excluding carboxylic acids is 1. The number of aryl methyl sites for hydroxylation is 1. The number of hydrogen-bond donors (Lipinski definition) is 2. The Balaban J connectivity index is 2.48. The van der Waals surface area contributed by atoms with E-state index in [0.717, 1.165) is 18.4 Å². The second kappa shape index (κ2) is 8.97. The number of unbranched alkanes of at least 4 members (excludes halogenated alkanes) is 1. The van der Waals surface area contributed by atoms with Gasteiger partial charge in [0.15, 0.2) is 6.61 Å². The average molecular weight is 295 g/mol. The molecule has 6 heteroatoms. The van der Waals surface area contributed by atoms with Gasteiger partial charge >= 0.3 is 5.97 Å². The van der Waals surface area contributed by atoms with Gasteiger partial charge in [0, 0.05) is 12.3 Å². The predicted molar refractivity (Wildman–Crippen MR) is 78.7 cm³/mol. The topological polar surface area (TPSA) is 84.9 Å². The van der Waals surface area contributed by atoms with Crippen molar-refractivity contribution in [1.82, 2.24) is 0 Å². The summed E-state index contributed by atoms with van der Waals surface area (Å²) in [5.41, 5.74) is 1.45. The Kier molecular flexibility index (Phi) is 7.25. The molecule has 1 amide bonds. The Hall–Kier alpha value is -2.08. The monoisotopic (exact) mass is 295 g/mol. The zero-order valence-electron chi connectivity index (χ0n) is 12.3. The summed E-state index contributed by atoms with van der Waals surface area (Å²) in [7, 11) is 0. The van der Waals surface area contributed by atoms with Gasteiger partial charge in [0.2, 0.25) is 5.91 Å². The number of carboxylic acid groups (broad SMARTS) is 1. The molecular weight excluding hydrogens is 274 g/mol. The van der Waals surface area contributed by atoms with Crippen molar-refractivity contribution in [2.45, 2.75) is 26.7 Å². The highest BCUT2D eigenvalue weighted by atomic mass is 16.5. The van der Waals surface area contributed by atoms with Crippen LogP contribution in [0.1, 0.15) is 25.3 Å². The van der Waals surface area contributed by atoms with Crippen molar-refractivity contribution in [2.75, 3.05) is 25.1 Å². The minimum Gasteiger partial charge on any atom is -0.482 e. The Bertz CT molecular complexity index is 487. The molecule has 1 aromatic rings. The van der Waals surface area contributed by atoms with E-state index in [0.29, 0.717) is 18.0 Å². The fourth-order valence-electron chi connectivity index (χ4n) is 1.61. The van der Waals surface area contributed by atoms with E-state index in [2.05, 4.69) is 12.2 Å². The normalized spacial score (nSPS) is 10.2. The third-order valence-electron chi connectivity index (χ3n) is 2.71. The summed E-state index contributed by atoms with van der Waals surface area (Å²) in [5, 5.41) is 11.3. The van der Waals surface area contributed by atoms with Gasteiger partial charge in [-0.3, -0.25) is 4.79 Å². The lowest BCUT2D eigenvalue weighted by Gasteiger charge is -2.11. The smallest absolute Gasteiger partial charge is 0.341 e. The van der Waals surface area contributed by atoms with Crippen LogP contribution in [0, 0.1) is 6.92 Å². The number of ether oxygens (including phenoxy) is 2. The molecule has 0 aliphatic heterocycles. The van der Waals surface area contributed by atoms with E-state index >= 15 is 0 Å². The SMILES string of the molecule is CCCCOCC(=O)Nc1ccc(OCC(=O)O)cc1C. The number of carboxylic acids is 1. The maximum absolute atomic E-state index is 11.7. The molecule has 0 heterocycles. The first-order valence-electron chi connectivity index (χ1n) is 6.85. The predicted octanol–water partition coefficient (Wildman–Crippen LogP) is 2.21. The van der Waals surface area contributed by atoms with Crippen LogP contribution in [0.3, 0.4) is 0 Å². The zero-order chi connectivity index (χ0) is 15.7. The number of benzene rings is 1. The van der Waals surface area contributed by atoms with Crippen LogP contribution in [-0.4, -0.2) is 36.8 Å². The maximum Gasteiger partial charge on any atom is 0.341 e. The highest BCUT2D eigenvalue weighted by Gasteiger charge is 2.07. The van der Waals surface area contributed by atoms with Gasteiger partial charge in [0.1, 0.15) is 12.4 Å². The molecule has 1 aromatic carbocycles. The summed E-state index contributed by atoms with van der Waals surface area (Å²) < 4.78 is 10.3. The zero-order valence-corrected chi connectivity index (χ0v) is 12.3. The molecule has 0 aliphatic carbocycles. The second-order valence-corrected chi connectivity index (χ2v) is 4.61. The van der Waals surface area contributed by atoms with Crippen molar-refractivity contribution in [1.29, 1.82) is 0 Å². The Morgan fingerprint density at radius 2 is 2.05 bits per heavy atom. The Morgan fingerprint density at radius 3 is 2.67 bits per heavy atom. The first kappa shape index (κ1) is 17.0. The molecule has 21 heavy (non-hydrogen) atoms. The molecule has 0 unspecified atom stereocenters. The summed E-state index contributed by atoms with van der Waals surface area (Å²) in [6.45, 7) is 4.07. The minimum atomic E-state index is -1.03. The van der Waals surface area contributed by atoms with Crippen LogP contribution in [0.5, 0.6) is 5.75 Å². The van der Waals surface area contributed by atoms with Crippen LogP contribution >= 0.6 is 0 Å². The number of aliphatic carboxylic acids is 1. The largest absolute Gasteiger partial charge is 0.482 e. The van der Waals surface area contributed by atoms with E-state index in [-0.39, 0.29) is 12.5 Å². The van der Waals surface area contributed by atoms with E-state index < -0.39 is 12.6 Å². The number of rotatable bonds is 9. The van der Waals surface area contributed by atoms with Crippen molar-refractivity contribution in [3.05, 3.63) is 23.8 Å². The summed E-state index contributed by atoms with van der Waals surface area (Å²) in [6, 6.07) is 4.97. The molecule has 0 spiro atoms. The van der Waals surface area contributed by atoms with Crippen molar-refractivity contribution in [2.24, 2.45) is 0 Å². The summed E-state index contributed by atoms with van der Waals surface area (Å²) >= 11 is 0. The molecular formula is C15H21NO5. The van der Waals surface area contributed by atoms with E-state index in [1.165, 1.54) is 0 Å². The van der Waals surface area contributed by atoms with Gasteiger partial charge in [0.25, 0.3) is 0 Å². The minimum absolute atomic E-state index is 0.0245. The van der Waals surface area contributed by atoms with Gasteiger partial charge < -0.3 is 19.9 Å². The standard InChI is InChI=1S/C15H21NO5/c1-3-4-7-20-9-14(17)16-13-6-5-12(8-11(13)2)21-10-15(18)19/h5-6,8H,3-4,7,9-10H2,1-2H3,(H,16,17)(H,18,19). The first-order chi connectivity index (χ1) is 10.0. The van der Waals surface area contributed by atoms with E-state index in [1.807, 2.05) is 0 Å². The summed E-state index contributed by atoms with van der Waals surface area (Å²) in [5.74, 6) is -0.797. The van der Waals surface area contributed by atoms with Crippen LogP contribution in [0.4, 0.5) is 5.69 Å². The van der Waals surface area contributed by atoms with Crippen molar-refractivity contribution >= 4 is 17.6 Å². The molecule has 0 aliphatic rings. The molecule has 0 radical (unpaired) electrons. The number of anilines is 1. The molecule has 0 bridgehead atoms. The average Bonchev–Trinajstić information content (AvgIpc) is 2.44. The summed E-state index contributed by atoms with van der Waals surface area (Å²) in [4.78, 5) is 22.1. The van der Waals surface area contributed by atoms with Gasteiger partial charge in [-0.25, -0.2) is 4.79 Å². The third-order valence-corrected chi connectivity index (χ3v) is 2.71. The fraction of sp³-hybridized carbons (Fsp3) is 0.467. The molecule has 0 saturated carbocycles. The number of hydrogen-bond acceptors (Lipinski definition) is 4. The fourth-order valence-corrected chi connectivity index (χ4v) is 1.61. The van der Waals surface area contributed by atoms with Crippen LogP contribution in [0.25, 0.3) is 0 Å². The molecule has 116 valence electrons. The first-order valence-corrected chi connectivity index (χ1v) is 6.85. The molecule has 0 aromatic heterocycles. The van der Waals surface area contributed by atoms with Crippen molar-refractivity contribution in [3.8, 4) is 5.75 Å². The van der Waals surface area contributed by atoms with Crippen molar-refractivity contribution in [3.63, 3.8) is 0 Å². The van der Waals surface area contributed by atoms with Crippen LogP contribution in [-0.2, 0) is 14.3 Å². The molecule has 1 rings (SSSR count). The van der Waals surface area contributed by atoms with Gasteiger partial charge in [-0.2, -0.15) is 0 Å². The highest BCUT2D eigenvalue weighted by molar-refractivity contribution is 5.92. The van der Waals surface area contributed by atoms with Crippen LogP contribution in [0.15, 0.2) is 18.2 Å². The van der Waals surface area contributed by atoms with Crippen molar-refractivity contribution < 1.29 is 24.2 Å². The number of amides is 1. The second-order valence-electron chi connectivity index (χ2n) is 4.61. The van der Waals surface area contributed by atoms with Crippen LogP contribution in [0.2, 0.25) is 0 Å². The van der Waals surface area contributed by atoms with E-state index in [4.69, 9.17) is 14.6 Å². The molecule has 0 fully saturated rings.